The van der Waals surface area contributed by atoms with Crippen molar-refractivity contribution in [2.45, 2.75) is 46.1 Å². The van der Waals surface area contributed by atoms with Gasteiger partial charge in [-0.15, -0.1) is 0 Å². The fourth-order valence-corrected chi connectivity index (χ4v) is 8.03. The largest absolute Gasteiger partial charge is 0.378 e. The molecule has 1 aromatic carbocycles. The number of anilines is 2. The molecule has 2 fully saturated rings. The molecule has 342 valence electrons. The monoisotopic (exact) mass is 885 g/mol. The number of carbonyl (C=O) groups excluding carboxylic acids is 4. The number of amides is 4. The summed E-state index contributed by atoms with van der Waals surface area (Å²) in [4.78, 5) is 86.5. The van der Waals surface area contributed by atoms with Crippen LogP contribution in [0.15, 0.2) is 78.0 Å². The fourth-order valence-electron chi connectivity index (χ4n) is 8.03. The molecule has 1 atom stereocenters. The van der Waals surface area contributed by atoms with Crippen LogP contribution in [0.3, 0.4) is 0 Å². The molecule has 0 aliphatic carbocycles. The van der Waals surface area contributed by atoms with Crippen molar-refractivity contribution in [1.82, 2.24) is 45.7 Å². The summed E-state index contributed by atoms with van der Waals surface area (Å²) in [6.45, 7) is 10.2. The van der Waals surface area contributed by atoms with Gasteiger partial charge in [0.1, 0.15) is 5.69 Å². The van der Waals surface area contributed by atoms with E-state index >= 15 is 0 Å². The third-order valence-corrected chi connectivity index (χ3v) is 11.9. The van der Waals surface area contributed by atoms with Gasteiger partial charge in [0.2, 0.25) is 11.8 Å². The SMILES string of the molecule is CCc1cccc(-c2cnc(C(=O)NCCOCCNC(=O)c3ccc(N4CCN(Cc5cnc6cc(CC)c(=O)[nH]c6c5)CC4)cn3)c(NC(=O)CNCC3CCN(C)C(=O)C3)c2)c1. The highest BCUT2D eigenvalue weighted by molar-refractivity contribution is 6.03. The molecule has 5 aromatic rings. The molecule has 5 N–H and O–H groups in total. The molecular formula is C48H59N11O6. The number of likely N-dealkylation sites (tertiary alicyclic amines) is 1. The van der Waals surface area contributed by atoms with Gasteiger partial charge in [-0.3, -0.25) is 33.9 Å². The lowest BCUT2D eigenvalue weighted by molar-refractivity contribution is -0.133. The zero-order valence-corrected chi connectivity index (χ0v) is 37.5. The Morgan fingerprint density at radius 2 is 1.62 bits per heavy atom. The Kier molecular flexibility index (Phi) is 16.0. The van der Waals surface area contributed by atoms with Gasteiger partial charge in [0.15, 0.2) is 5.69 Å². The molecule has 7 rings (SSSR count). The molecule has 0 radical (unpaired) electrons. The van der Waals surface area contributed by atoms with E-state index in [2.05, 4.69) is 64.0 Å². The number of nitrogens with zero attached hydrogens (tertiary/aromatic N) is 6. The van der Waals surface area contributed by atoms with Crippen LogP contribution in [0.25, 0.3) is 22.2 Å². The van der Waals surface area contributed by atoms with E-state index < -0.39 is 5.91 Å². The number of aromatic nitrogens is 4. The first-order valence-corrected chi connectivity index (χ1v) is 22.5. The van der Waals surface area contributed by atoms with Gasteiger partial charge in [-0.05, 0) is 78.7 Å². The Balaban J connectivity index is 0.823. The van der Waals surface area contributed by atoms with Crippen LogP contribution in [-0.2, 0) is 33.7 Å². The summed E-state index contributed by atoms with van der Waals surface area (Å²) in [5, 5.41) is 11.7. The Morgan fingerprint density at radius 3 is 2.35 bits per heavy atom. The van der Waals surface area contributed by atoms with Gasteiger partial charge >= 0.3 is 0 Å². The quantitative estimate of drug-likeness (QED) is 0.0757. The summed E-state index contributed by atoms with van der Waals surface area (Å²) in [6.07, 6.45) is 8.07. The molecule has 1 unspecified atom stereocenters. The Morgan fingerprint density at radius 1 is 0.815 bits per heavy atom. The maximum Gasteiger partial charge on any atom is 0.272 e. The number of nitrogens with one attached hydrogen (secondary N) is 5. The number of piperazine rings is 1. The standard InChI is InChI=1S/C48H59N11O6/c1-4-32-7-6-8-36(21-32)37-25-42(55-43(60)30-49-26-33-11-14-57(3)44(61)23-33)45(54-28-37)48(64)51-13-20-65-19-12-50-47(63)39-10-9-38(29-53-39)59-17-15-58(16-18-59)31-34-22-41-40(52-27-34)24-35(5-2)46(62)56-41/h6-10,21-22,24-25,27-29,33,49H,4-5,11-20,23,26,30-31H2,1-3H3,(H,50,63)(H,51,64)(H,55,60)(H,56,62). The number of fused-ring (bicyclic) bond motifs is 1. The smallest absolute Gasteiger partial charge is 0.272 e. The van der Waals surface area contributed by atoms with Crippen molar-refractivity contribution in [3.05, 3.63) is 112 Å². The second-order valence-corrected chi connectivity index (χ2v) is 16.6. The summed E-state index contributed by atoms with van der Waals surface area (Å²) < 4.78 is 5.68. The summed E-state index contributed by atoms with van der Waals surface area (Å²) in [5.74, 6) is -0.844. The van der Waals surface area contributed by atoms with Crippen LogP contribution in [0.5, 0.6) is 0 Å². The molecule has 2 aliphatic heterocycles. The van der Waals surface area contributed by atoms with E-state index in [1.165, 1.54) is 0 Å². The molecule has 0 spiro atoms. The van der Waals surface area contributed by atoms with Crippen molar-refractivity contribution in [3.63, 3.8) is 0 Å². The van der Waals surface area contributed by atoms with E-state index in [1.807, 2.05) is 49.5 Å². The van der Waals surface area contributed by atoms with Gasteiger partial charge in [0, 0.05) is 89.3 Å². The van der Waals surface area contributed by atoms with E-state index in [0.717, 1.165) is 90.1 Å². The number of pyridine rings is 4. The normalized spacial score (nSPS) is 15.6. The van der Waals surface area contributed by atoms with E-state index in [9.17, 15) is 24.0 Å². The Labute approximate surface area is 378 Å². The molecule has 2 aliphatic rings. The number of rotatable bonds is 19. The third-order valence-electron chi connectivity index (χ3n) is 11.9. The summed E-state index contributed by atoms with van der Waals surface area (Å²) in [6, 6.07) is 17.3. The maximum absolute atomic E-state index is 13.4. The Hall–Kier alpha value is -6.56. The van der Waals surface area contributed by atoms with Crippen LogP contribution in [0.1, 0.15) is 64.4 Å². The highest BCUT2D eigenvalue weighted by Gasteiger charge is 2.24. The summed E-state index contributed by atoms with van der Waals surface area (Å²) in [5.41, 5.74) is 7.69. The Bertz CT molecular complexity index is 2520. The lowest BCUT2D eigenvalue weighted by Crippen LogP contribution is -2.46. The molecule has 4 aromatic heterocycles. The number of hydrogen-bond donors (Lipinski definition) is 5. The minimum Gasteiger partial charge on any atom is -0.378 e. The van der Waals surface area contributed by atoms with Gasteiger partial charge in [-0.2, -0.15) is 0 Å². The van der Waals surface area contributed by atoms with Crippen LogP contribution < -0.4 is 31.7 Å². The summed E-state index contributed by atoms with van der Waals surface area (Å²) >= 11 is 0. The lowest BCUT2D eigenvalue weighted by atomic mass is 9.96. The second kappa shape index (κ2) is 22.4. The highest BCUT2D eigenvalue weighted by atomic mass is 16.5. The van der Waals surface area contributed by atoms with Crippen LogP contribution in [0.2, 0.25) is 0 Å². The molecule has 6 heterocycles. The van der Waals surface area contributed by atoms with Gasteiger partial charge in [-0.25, -0.2) is 9.97 Å². The first-order valence-electron chi connectivity index (χ1n) is 22.5. The van der Waals surface area contributed by atoms with Crippen LogP contribution in [-0.4, -0.2) is 133 Å². The lowest BCUT2D eigenvalue weighted by Gasteiger charge is -2.36. The number of ether oxygens (including phenoxy) is 1. The van der Waals surface area contributed by atoms with Crippen molar-refractivity contribution in [3.8, 4) is 11.1 Å². The fraction of sp³-hybridized carbons (Fsp3) is 0.417. The highest BCUT2D eigenvalue weighted by Crippen LogP contribution is 2.26. The number of piperidine rings is 1. The zero-order chi connectivity index (χ0) is 45.7. The van der Waals surface area contributed by atoms with Gasteiger partial charge in [-0.1, -0.05) is 38.1 Å². The van der Waals surface area contributed by atoms with Crippen molar-refractivity contribution in [2.24, 2.45) is 5.92 Å². The van der Waals surface area contributed by atoms with Crippen LogP contribution in [0.4, 0.5) is 11.4 Å². The number of benzene rings is 1. The van der Waals surface area contributed by atoms with E-state index in [0.29, 0.717) is 31.6 Å². The molecule has 0 saturated carbocycles. The van der Waals surface area contributed by atoms with Crippen molar-refractivity contribution in [2.75, 3.05) is 89.4 Å². The molecule has 17 heteroatoms. The second-order valence-electron chi connectivity index (χ2n) is 16.6. The average molecular weight is 886 g/mol. The maximum atomic E-state index is 13.4. The van der Waals surface area contributed by atoms with Crippen LogP contribution >= 0.6 is 0 Å². The first kappa shape index (κ1) is 46.4. The summed E-state index contributed by atoms with van der Waals surface area (Å²) in [7, 11) is 1.80. The van der Waals surface area contributed by atoms with Gasteiger partial charge < -0.3 is 40.8 Å². The molecule has 2 saturated heterocycles. The predicted molar refractivity (Wildman–Crippen MR) is 250 cm³/mol. The van der Waals surface area contributed by atoms with E-state index in [1.54, 1.807) is 36.5 Å². The minimum atomic E-state index is -0.469. The van der Waals surface area contributed by atoms with E-state index in [4.69, 9.17) is 4.74 Å². The number of carbonyl (C=O) groups is 4. The van der Waals surface area contributed by atoms with Gasteiger partial charge in [0.25, 0.3) is 17.4 Å². The van der Waals surface area contributed by atoms with Crippen molar-refractivity contribution in [1.29, 1.82) is 0 Å². The van der Waals surface area contributed by atoms with Gasteiger partial charge in [0.05, 0.1) is 48.4 Å². The van der Waals surface area contributed by atoms with Crippen molar-refractivity contribution < 1.29 is 23.9 Å². The number of aryl methyl sites for hydroxylation is 2. The molecule has 0 bridgehead atoms. The van der Waals surface area contributed by atoms with Crippen LogP contribution in [0, 0.1) is 5.92 Å². The predicted octanol–water partition coefficient (Wildman–Crippen LogP) is 3.40. The topological polar surface area (TPSA) is 207 Å². The molecule has 4 amide bonds. The minimum absolute atomic E-state index is 0.0142. The van der Waals surface area contributed by atoms with E-state index in [-0.39, 0.29) is 73.4 Å². The molecular weight excluding hydrogens is 827 g/mol. The number of hydrogen-bond acceptors (Lipinski definition) is 12. The number of H-pyrrole nitrogens is 1. The average Bonchev–Trinajstić information content (AvgIpc) is 3.32. The first-order chi connectivity index (χ1) is 31.6. The van der Waals surface area contributed by atoms with Crippen molar-refractivity contribution >= 4 is 46.0 Å². The number of aromatic amines is 1. The third kappa shape index (κ3) is 12.6. The molecule has 65 heavy (non-hydrogen) atoms. The zero-order valence-electron chi connectivity index (χ0n) is 37.5. The molecule has 17 nitrogen and oxygen atoms in total.